The molecule has 1 aromatic rings. The number of pyridine rings is 1. The van der Waals surface area contributed by atoms with Crippen LogP contribution in [0.15, 0.2) is 12.3 Å². The van der Waals surface area contributed by atoms with Crippen molar-refractivity contribution in [1.29, 1.82) is 0 Å². The highest BCUT2D eigenvalue weighted by atomic mass is 35.5. The summed E-state index contributed by atoms with van der Waals surface area (Å²) < 4.78 is 0. The lowest BCUT2D eigenvalue weighted by atomic mass is 10.1. The first-order valence-corrected chi connectivity index (χ1v) is 6.78. The SMILES string of the molecule is C#Cc1cc(N2[C@H]3CCNC[C@@H]2CC3)cnc1Cl. The van der Waals surface area contributed by atoms with Gasteiger partial charge in [0.25, 0.3) is 0 Å². The topological polar surface area (TPSA) is 28.2 Å². The van der Waals surface area contributed by atoms with Gasteiger partial charge >= 0.3 is 0 Å². The van der Waals surface area contributed by atoms with Crippen LogP contribution in [0.3, 0.4) is 0 Å². The fourth-order valence-corrected chi connectivity index (χ4v) is 3.24. The van der Waals surface area contributed by atoms with E-state index in [4.69, 9.17) is 18.0 Å². The minimum Gasteiger partial charge on any atom is -0.363 e. The molecule has 3 heterocycles. The summed E-state index contributed by atoms with van der Waals surface area (Å²) in [5.74, 6) is 2.60. The van der Waals surface area contributed by atoms with Gasteiger partial charge in [0, 0.05) is 18.6 Å². The molecule has 1 aromatic heterocycles. The third-order valence-electron chi connectivity index (χ3n) is 3.93. The number of anilines is 1. The second-order valence-corrected chi connectivity index (χ2v) is 5.32. The van der Waals surface area contributed by atoms with E-state index >= 15 is 0 Å². The van der Waals surface area contributed by atoms with Gasteiger partial charge in [0.1, 0.15) is 5.15 Å². The van der Waals surface area contributed by atoms with E-state index in [0.29, 0.717) is 22.8 Å². The minimum absolute atomic E-state index is 0.418. The van der Waals surface area contributed by atoms with Crippen molar-refractivity contribution >= 4 is 17.3 Å². The Bertz CT molecular complexity index is 480. The zero-order chi connectivity index (χ0) is 12.5. The van der Waals surface area contributed by atoms with E-state index in [1.165, 1.54) is 19.3 Å². The predicted octanol–water partition coefficient (Wildman–Crippen LogP) is 2.05. The maximum absolute atomic E-state index is 5.97. The van der Waals surface area contributed by atoms with Crippen molar-refractivity contribution in [3.05, 3.63) is 23.0 Å². The molecule has 2 aliphatic heterocycles. The quantitative estimate of drug-likeness (QED) is 0.620. The van der Waals surface area contributed by atoms with Crippen molar-refractivity contribution < 1.29 is 0 Å². The van der Waals surface area contributed by atoms with Crippen molar-refractivity contribution in [2.45, 2.75) is 31.3 Å². The number of hydrogen-bond acceptors (Lipinski definition) is 3. The summed E-state index contributed by atoms with van der Waals surface area (Å²) >= 11 is 5.97. The van der Waals surface area contributed by atoms with Crippen LogP contribution in [0.4, 0.5) is 5.69 Å². The fraction of sp³-hybridized carbons (Fsp3) is 0.500. The zero-order valence-corrected chi connectivity index (χ0v) is 11.0. The highest BCUT2D eigenvalue weighted by Crippen LogP contribution is 2.33. The van der Waals surface area contributed by atoms with Crippen molar-refractivity contribution in [2.75, 3.05) is 18.0 Å². The molecule has 2 saturated heterocycles. The smallest absolute Gasteiger partial charge is 0.144 e. The third kappa shape index (κ3) is 1.96. The van der Waals surface area contributed by atoms with Gasteiger partial charge in [-0.15, -0.1) is 6.42 Å². The molecule has 3 rings (SSSR count). The Kier molecular flexibility index (Phi) is 3.15. The first kappa shape index (κ1) is 11.8. The monoisotopic (exact) mass is 261 g/mol. The van der Waals surface area contributed by atoms with Crippen LogP contribution in [0, 0.1) is 12.3 Å². The molecule has 0 radical (unpaired) electrons. The molecule has 0 aromatic carbocycles. The number of fused-ring (bicyclic) bond motifs is 2. The molecule has 2 aliphatic rings. The number of nitrogens with one attached hydrogen (secondary N) is 1. The molecular formula is C14H16ClN3. The summed E-state index contributed by atoms with van der Waals surface area (Å²) in [7, 11) is 0. The van der Waals surface area contributed by atoms with Gasteiger partial charge in [0.2, 0.25) is 0 Å². The molecule has 18 heavy (non-hydrogen) atoms. The Labute approximate surface area is 113 Å². The average molecular weight is 262 g/mol. The van der Waals surface area contributed by atoms with Crippen molar-refractivity contribution in [1.82, 2.24) is 10.3 Å². The zero-order valence-electron chi connectivity index (χ0n) is 10.2. The highest BCUT2D eigenvalue weighted by molar-refractivity contribution is 6.30. The first-order valence-electron chi connectivity index (χ1n) is 6.41. The summed E-state index contributed by atoms with van der Waals surface area (Å²) in [4.78, 5) is 6.69. The van der Waals surface area contributed by atoms with Crippen LogP contribution in [0.1, 0.15) is 24.8 Å². The minimum atomic E-state index is 0.418. The van der Waals surface area contributed by atoms with Crippen molar-refractivity contribution in [3.63, 3.8) is 0 Å². The number of terminal acetylenes is 1. The van der Waals surface area contributed by atoms with Gasteiger partial charge in [0.15, 0.2) is 0 Å². The Morgan fingerprint density at radius 3 is 3.06 bits per heavy atom. The third-order valence-corrected chi connectivity index (χ3v) is 4.23. The molecule has 0 saturated carbocycles. The molecule has 2 atom stereocenters. The van der Waals surface area contributed by atoms with Crippen LogP contribution >= 0.6 is 11.6 Å². The summed E-state index contributed by atoms with van der Waals surface area (Å²) in [5, 5.41) is 3.91. The maximum atomic E-state index is 5.97. The summed E-state index contributed by atoms with van der Waals surface area (Å²) in [6.07, 6.45) is 11.0. The van der Waals surface area contributed by atoms with E-state index in [1.807, 2.05) is 12.3 Å². The van der Waals surface area contributed by atoms with Crippen molar-refractivity contribution in [3.8, 4) is 12.3 Å². The number of nitrogens with zero attached hydrogens (tertiary/aromatic N) is 2. The number of halogens is 1. The lowest BCUT2D eigenvalue weighted by Gasteiger charge is -2.30. The highest BCUT2D eigenvalue weighted by Gasteiger charge is 2.35. The molecule has 3 nitrogen and oxygen atoms in total. The van der Waals surface area contributed by atoms with Crippen LogP contribution in [0.5, 0.6) is 0 Å². The maximum Gasteiger partial charge on any atom is 0.144 e. The summed E-state index contributed by atoms with van der Waals surface area (Å²) in [5.41, 5.74) is 1.80. The molecule has 2 fully saturated rings. The molecule has 0 aliphatic carbocycles. The van der Waals surface area contributed by atoms with E-state index in [1.54, 1.807) is 0 Å². The predicted molar refractivity (Wildman–Crippen MR) is 74.0 cm³/mol. The van der Waals surface area contributed by atoms with Crippen LogP contribution in [-0.2, 0) is 0 Å². The molecular weight excluding hydrogens is 246 g/mol. The standard InChI is InChI=1S/C14H16ClN3/c1-2-10-7-13(9-17-14(10)15)18-11-3-4-12(18)8-16-6-5-11/h1,7,9,11-12,16H,3-6,8H2/t11-,12+/m1/s1. The van der Waals surface area contributed by atoms with Crippen LogP contribution < -0.4 is 10.2 Å². The van der Waals surface area contributed by atoms with E-state index in [0.717, 1.165) is 18.8 Å². The van der Waals surface area contributed by atoms with E-state index in [-0.39, 0.29) is 0 Å². The Hall–Kier alpha value is -1.24. The van der Waals surface area contributed by atoms with Crippen LogP contribution in [0.25, 0.3) is 0 Å². The largest absolute Gasteiger partial charge is 0.363 e. The van der Waals surface area contributed by atoms with Crippen molar-refractivity contribution in [2.24, 2.45) is 0 Å². The lowest BCUT2D eigenvalue weighted by Crippen LogP contribution is -2.38. The molecule has 4 heteroatoms. The summed E-state index contributed by atoms with van der Waals surface area (Å²) in [6, 6.07) is 3.16. The lowest BCUT2D eigenvalue weighted by molar-refractivity contribution is 0.567. The van der Waals surface area contributed by atoms with E-state index in [9.17, 15) is 0 Å². The molecule has 0 amide bonds. The number of rotatable bonds is 1. The molecule has 1 N–H and O–H groups in total. The Balaban J connectivity index is 1.97. The number of aromatic nitrogens is 1. The Morgan fingerprint density at radius 1 is 1.39 bits per heavy atom. The average Bonchev–Trinajstić information content (AvgIpc) is 2.64. The van der Waals surface area contributed by atoms with Gasteiger partial charge in [-0.05, 0) is 31.9 Å². The van der Waals surface area contributed by atoms with Crippen LogP contribution in [0.2, 0.25) is 5.15 Å². The molecule has 0 unspecified atom stereocenters. The second kappa shape index (κ2) is 4.79. The van der Waals surface area contributed by atoms with Gasteiger partial charge in [-0.1, -0.05) is 17.5 Å². The van der Waals surface area contributed by atoms with Gasteiger partial charge in [-0.2, -0.15) is 0 Å². The normalized spacial score (nSPS) is 26.8. The second-order valence-electron chi connectivity index (χ2n) is 4.96. The summed E-state index contributed by atoms with van der Waals surface area (Å²) in [6.45, 7) is 2.14. The Morgan fingerprint density at radius 2 is 2.22 bits per heavy atom. The van der Waals surface area contributed by atoms with Gasteiger partial charge in [-0.25, -0.2) is 4.98 Å². The molecule has 2 bridgehead atoms. The first-order chi connectivity index (χ1) is 8.79. The van der Waals surface area contributed by atoms with Gasteiger partial charge in [0.05, 0.1) is 17.4 Å². The van der Waals surface area contributed by atoms with E-state index < -0.39 is 0 Å². The fourth-order valence-electron chi connectivity index (χ4n) is 3.08. The molecule has 0 spiro atoms. The molecule has 94 valence electrons. The van der Waals surface area contributed by atoms with Gasteiger partial charge in [-0.3, -0.25) is 0 Å². The van der Waals surface area contributed by atoms with E-state index in [2.05, 4.69) is 21.1 Å². The number of hydrogen-bond donors (Lipinski definition) is 1. The van der Waals surface area contributed by atoms with Crippen LogP contribution in [-0.4, -0.2) is 30.2 Å². The van der Waals surface area contributed by atoms with Gasteiger partial charge < -0.3 is 10.2 Å².